The molecule has 0 fully saturated rings. The molecule has 0 heterocycles. The van der Waals surface area contributed by atoms with Crippen molar-refractivity contribution in [2.45, 2.75) is 19.3 Å². The van der Waals surface area contributed by atoms with Crippen LogP contribution in [0.3, 0.4) is 0 Å². The minimum absolute atomic E-state index is 0.0150. The second-order valence-electron chi connectivity index (χ2n) is 3.50. The number of carboxylic acid groups (broad SMARTS) is 1. The van der Waals surface area contributed by atoms with E-state index in [1.54, 1.807) is 6.07 Å². The summed E-state index contributed by atoms with van der Waals surface area (Å²) in [5.41, 5.74) is 7.41. The smallest absolute Gasteiger partial charge is 0.304 e. The minimum atomic E-state index is -0.857. The fourth-order valence-corrected chi connectivity index (χ4v) is 2.05. The van der Waals surface area contributed by atoms with Gasteiger partial charge in [0, 0.05) is 10.9 Å². The first-order valence-electron chi connectivity index (χ1n) is 4.73. The molecule has 0 spiro atoms. The van der Waals surface area contributed by atoms with E-state index in [2.05, 4.69) is 0 Å². The number of rotatable bonds is 4. The van der Waals surface area contributed by atoms with Crippen LogP contribution in [0.2, 0.25) is 5.02 Å². The highest BCUT2D eigenvalue weighted by atomic mass is 35.5. The van der Waals surface area contributed by atoms with E-state index in [9.17, 15) is 4.79 Å². The van der Waals surface area contributed by atoms with Gasteiger partial charge in [-0.3, -0.25) is 4.79 Å². The third kappa shape index (κ3) is 2.94. The Bertz CT molecular complexity index is 345. The van der Waals surface area contributed by atoms with Crippen LogP contribution in [0.4, 0.5) is 0 Å². The number of halogens is 1. The minimum Gasteiger partial charge on any atom is -0.481 e. The first-order valence-corrected chi connectivity index (χ1v) is 5.11. The Morgan fingerprint density at radius 1 is 1.60 bits per heavy atom. The summed E-state index contributed by atoms with van der Waals surface area (Å²) >= 11 is 6.04. The second kappa shape index (κ2) is 5.14. The maximum absolute atomic E-state index is 10.7. The zero-order chi connectivity index (χ0) is 11.4. The second-order valence-corrected chi connectivity index (χ2v) is 3.91. The van der Waals surface area contributed by atoms with Crippen molar-refractivity contribution in [2.75, 3.05) is 6.54 Å². The SMILES string of the molecule is Cc1cccc(Cl)c1C(CN)CC(=O)O. The van der Waals surface area contributed by atoms with Crippen molar-refractivity contribution in [3.63, 3.8) is 0 Å². The molecule has 0 aliphatic carbocycles. The predicted octanol–water partition coefficient (Wildman–Crippen LogP) is 2.17. The van der Waals surface area contributed by atoms with Gasteiger partial charge >= 0.3 is 5.97 Å². The normalized spacial score (nSPS) is 12.5. The molecule has 1 unspecified atom stereocenters. The summed E-state index contributed by atoms with van der Waals surface area (Å²) < 4.78 is 0. The van der Waals surface area contributed by atoms with E-state index in [0.717, 1.165) is 11.1 Å². The van der Waals surface area contributed by atoms with Crippen LogP contribution in [0.25, 0.3) is 0 Å². The summed E-state index contributed by atoms with van der Waals surface area (Å²) in [7, 11) is 0. The highest BCUT2D eigenvalue weighted by Gasteiger charge is 2.18. The molecule has 0 radical (unpaired) electrons. The van der Waals surface area contributed by atoms with E-state index >= 15 is 0 Å². The summed E-state index contributed by atoms with van der Waals surface area (Å²) in [5.74, 6) is -1.07. The molecule has 0 aromatic heterocycles. The molecule has 0 aliphatic heterocycles. The van der Waals surface area contributed by atoms with Crippen molar-refractivity contribution in [1.29, 1.82) is 0 Å². The van der Waals surface area contributed by atoms with Crippen LogP contribution >= 0.6 is 11.6 Å². The van der Waals surface area contributed by atoms with Gasteiger partial charge in [0.25, 0.3) is 0 Å². The molecular weight excluding hydrogens is 214 g/mol. The van der Waals surface area contributed by atoms with Gasteiger partial charge in [-0.2, -0.15) is 0 Å². The fourth-order valence-electron chi connectivity index (χ4n) is 1.68. The van der Waals surface area contributed by atoms with Gasteiger partial charge in [0.2, 0.25) is 0 Å². The van der Waals surface area contributed by atoms with Gasteiger partial charge in [-0.05, 0) is 30.7 Å². The first-order chi connectivity index (χ1) is 7.06. The molecule has 0 saturated heterocycles. The Morgan fingerprint density at radius 2 is 2.27 bits per heavy atom. The maximum Gasteiger partial charge on any atom is 0.304 e. The van der Waals surface area contributed by atoms with Gasteiger partial charge in [-0.15, -0.1) is 0 Å². The van der Waals surface area contributed by atoms with E-state index in [-0.39, 0.29) is 18.9 Å². The molecule has 3 nitrogen and oxygen atoms in total. The molecule has 1 aromatic carbocycles. The first kappa shape index (κ1) is 12.0. The Kier molecular flexibility index (Phi) is 4.12. The van der Waals surface area contributed by atoms with Gasteiger partial charge in [0.1, 0.15) is 0 Å². The zero-order valence-electron chi connectivity index (χ0n) is 8.53. The Balaban J connectivity index is 3.05. The molecule has 0 bridgehead atoms. The molecule has 82 valence electrons. The van der Waals surface area contributed by atoms with Gasteiger partial charge < -0.3 is 10.8 Å². The largest absolute Gasteiger partial charge is 0.481 e. The number of aliphatic carboxylic acids is 1. The van der Waals surface area contributed by atoms with Crippen molar-refractivity contribution in [3.05, 3.63) is 34.3 Å². The lowest BCUT2D eigenvalue weighted by Crippen LogP contribution is -2.17. The Labute approximate surface area is 93.9 Å². The quantitative estimate of drug-likeness (QED) is 0.829. The number of benzene rings is 1. The third-order valence-corrected chi connectivity index (χ3v) is 2.71. The molecule has 1 atom stereocenters. The van der Waals surface area contributed by atoms with Gasteiger partial charge in [0.05, 0.1) is 6.42 Å². The van der Waals surface area contributed by atoms with Crippen LogP contribution in [0.5, 0.6) is 0 Å². The van der Waals surface area contributed by atoms with Gasteiger partial charge in [0.15, 0.2) is 0 Å². The van der Waals surface area contributed by atoms with E-state index < -0.39 is 5.97 Å². The molecule has 1 aromatic rings. The summed E-state index contributed by atoms with van der Waals surface area (Å²) in [6.07, 6.45) is 0.0150. The van der Waals surface area contributed by atoms with E-state index in [0.29, 0.717) is 5.02 Å². The number of carboxylic acids is 1. The van der Waals surface area contributed by atoms with Crippen molar-refractivity contribution >= 4 is 17.6 Å². The summed E-state index contributed by atoms with van der Waals surface area (Å²) in [6, 6.07) is 5.51. The van der Waals surface area contributed by atoms with Gasteiger partial charge in [-0.25, -0.2) is 0 Å². The molecule has 3 N–H and O–H groups in total. The molecule has 4 heteroatoms. The van der Waals surface area contributed by atoms with Crippen molar-refractivity contribution in [1.82, 2.24) is 0 Å². The number of nitrogens with two attached hydrogens (primary N) is 1. The predicted molar refractivity (Wildman–Crippen MR) is 60.2 cm³/mol. The van der Waals surface area contributed by atoms with Crippen molar-refractivity contribution in [2.24, 2.45) is 5.73 Å². The summed E-state index contributed by atoms with van der Waals surface area (Å²) in [4.78, 5) is 10.7. The highest BCUT2D eigenvalue weighted by Crippen LogP contribution is 2.29. The lowest BCUT2D eigenvalue weighted by molar-refractivity contribution is -0.137. The van der Waals surface area contributed by atoms with Crippen LogP contribution in [0.15, 0.2) is 18.2 Å². The van der Waals surface area contributed by atoms with Crippen LogP contribution < -0.4 is 5.73 Å². The number of hydrogen-bond donors (Lipinski definition) is 2. The van der Waals surface area contributed by atoms with Gasteiger partial charge in [-0.1, -0.05) is 23.7 Å². The van der Waals surface area contributed by atoms with E-state index in [1.165, 1.54) is 0 Å². The van der Waals surface area contributed by atoms with Crippen molar-refractivity contribution in [3.8, 4) is 0 Å². The van der Waals surface area contributed by atoms with E-state index in [4.69, 9.17) is 22.4 Å². The van der Waals surface area contributed by atoms with Crippen LogP contribution in [-0.4, -0.2) is 17.6 Å². The summed E-state index contributed by atoms with van der Waals surface area (Å²) in [6.45, 7) is 2.20. The average Bonchev–Trinajstić information content (AvgIpc) is 2.15. The van der Waals surface area contributed by atoms with Crippen molar-refractivity contribution < 1.29 is 9.90 Å². The topological polar surface area (TPSA) is 63.3 Å². The molecule has 0 saturated carbocycles. The number of carbonyl (C=O) groups is 1. The van der Waals surface area contributed by atoms with Crippen LogP contribution in [-0.2, 0) is 4.79 Å². The zero-order valence-corrected chi connectivity index (χ0v) is 9.29. The lowest BCUT2D eigenvalue weighted by atomic mass is 9.92. The van der Waals surface area contributed by atoms with Crippen LogP contribution in [0.1, 0.15) is 23.5 Å². The van der Waals surface area contributed by atoms with Crippen LogP contribution in [0, 0.1) is 6.92 Å². The summed E-state index contributed by atoms with van der Waals surface area (Å²) in [5, 5.41) is 9.35. The monoisotopic (exact) mass is 227 g/mol. The molecule has 15 heavy (non-hydrogen) atoms. The Hall–Kier alpha value is -1.06. The maximum atomic E-state index is 10.7. The van der Waals surface area contributed by atoms with E-state index in [1.807, 2.05) is 19.1 Å². The standard InChI is InChI=1S/C11H14ClNO2/c1-7-3-2-4-9(12)11(7)8(6-13)5-10(14)15/h2-4,8H,5-6,13H2,1H3,(H,14,15). The molecule has 1 rings (SSSR count). The number of hydrogen-bond acceptors (Lipinski definition) is 2. The molecule has 0 amide bonds. The fraction of sp³-hybridized carbons (Fsp3) is 0.364. The molecule has 0 aliphatic rings. The highest BCUT2D eigenvalue weighted by molar-refractivity contribution is 6.31. The number of aryl methyl sites for hydroxylation is 1. The third-order valence-electron chi connectivity index (χ3n) is 2.38. The Morgan fingerprint density at radius 3 is 2.73 bits per heavy atom. The lowest BCUT2D eigenvalue weighted by Gasteiger charge is -2.17. The average molecular weight is 228 g/mol. The molecular formula is C11H14ClNO2.